The molecule has 0 atom stereocenters. The molecule has 2 aliphatic rings. The molecule has 10 nitrogen and oxygen atoms in total. The van der Waals surface area contributed by atoms with Crippen molar-refractivity contribution in [2.24, 2.45) is 0 Å². The Bertz CT molecular complexity index is 1040. The first kappa shape index (κ1) is 17.7. The van der Waals surface area contributed by atoms with E-state index < -0.39 is 5.97 Å². The van der Waals surface area contributed by atoms with Crippen molar-refractivity contribution in [1.82, 2.24) is 25.3 Å². The normalized spacial score (nSPS) is 14.8. The third kappa shape index (κ3) is 3.45. The van der Waals surface area contributed by atoms with Crippen molar-refractivity contribution in [1.29, 1.82) is 0 Å². The van der Waals surface area contributed by atoms with E-state index in [0.29, 0.717) is 34.2 Å². The Labute approximate surface area is 163 Å². The number of carbonyl (C=O) groups is 2. The van der Waals surface area contributed by atoms with E-state index in [1.807, 2.05) is 0 Å². The monoisotopic (exact) mass is 400 g/mol. The van der Waals surface area contributed by atoms with Gasteiger partial charge in [0.2, 0.25) is 5.95 Å². The predicted octanol–water partition coefficient (Wildman–Crippen LogP) is 1.53. The SMILES string of the molecule is O=C(O)CN1Cc2ncc(-c3nc(NC4=CNOC=C4)ncc3Cl)cc2C1=O. The van der Waals surface area contributed by atoms with Gasteiger partial charge in [-0.1, -0.05) is 11.6 Å². The average molecular weight is 401 g/mol. The maximum atomic E-state index is 12.4. The molecule has 0 radical (unpaired) electrons. The number of pyridine rings is 1. The van der Waals surface area contributed by atoms with Crippen LogP contribution in [0.3, 0.4) is 0 Å². The molecule has 0 bridgehead atoms. The molecule has 2 aromatic heterocycles. The van der Waals surface area contributed by atoms with Gasteiger partial charge in [0, 0.05) is 17.8 Å². The fourth-order valence-corrected chi connectivity index (χ4v) is 2.98. The summed E-state index contributed by atoms with van der Waals surface area (Å²) >= 11 is 6.24. The number of aromatic nitrogens is 3. The van der Waals surface area contributed by atoms with Gasteiger partial charge < -0.3 is 20.2 Å². The third-order valence-corrected chi connectivity index (χ3v) is 4.30. The molecule has 0 saturated carbocycles. The number of anilines is 1. The van der Waals surface area contributed by atoms with Gasteiger partial charge in [0.05, 0.1) is 46.6 Å². The van der Waals surface area contributed by atoms with E-state index >= 15 is 0 Å². The van der Waals surface area contributed by atoms with Crippen molar-refractivity contribution in [3.05, 3.63) is 59.0 Å². The number of aliphatic carboxylic acids is 1. The number of nitrogens with one attached hydrogen (secondary N) is 2. The number of rotatable bonds is 5. The van der Waals surface area contributed by atoms with Crippen LogP contribution in [0.5, 0.6) is 0 Å². The fourth-order valence-electron chi connectivity index (χ4n) is 2.78. The van der Waals surface area contributed by atoms with E-state index in [1.54, 1.807) is 24.5 Å². The van der Waals surface area contributed by atoms with Gasteiger partial charge in [-0.2, -0.15) is 0 Å². The van der Waals surface area contributed by atoms with Crippen molar-refractivity contribution in [2.45, 2.75) is 6.54 Å². The zero-order valence-corrected chi connectivity index (χ0v) is 15.0. The minimum Gasteiger partial charge on any atom is -0.480 e. The number of hydroxylamine groups is 1. The number of carbonyl (C=O) groups excluding carboxylic acids is 1. The lowest BCUT2D eigenvalue weighted by Gasteiger charge is -2.12. The maximum absolute atomic E-state index is 12.4. The Morgan fingerprint density at radius 2 is 2.25 bits per heavy atom. The highest BCUT2D eigenvalue weighted by Gasteiger charge is 2.30. The number of carboxylic acid groups (broad SMARTS) is 1. The zero-order valence-electron chi connectivity index (χ0n) is 14.2. The van der Waals surface area contributed by atoms with Gasteiger partial charge in [-0.3, -0.25) is 14.6 Å². The molecule has 0 saturated heterocycles. The lowest BCUT2D eigenvalue weighted by Crippen LogP contribution is -2.29. The van der Waals surface area contributed by atoms with E-state index in [1.165, 1.54) is 17.4 Å². The highest BCUT2D eigenvalue weighted by Crippen LogP contribution is 2.30. The Morgan fingerprint density at radius 3 is 3.00 bits per heavy atom. The summed E-state index contributed by atoms with van der Waals surface area (Å²) in [7, 11) is 0. The number of hydrogen-bond donors (Lipinski definition) is 3. The highest BCUT2D eigenvalue weighted by atomic mass is 35.5. The van der Waals surface area contributed by atoms with Crippen molar-refractivity contribution >= 4 is 29.4 Å². The molecule has 4 heterocycles. The van der Waals surface area contributed by atoms with Crippen LogP contribution >= 0.6 is 11.6 Å². The summed E-state index contributed by atoms with van der Waals surface area (Å²) in [6, 6.07) is 1.61. The third-order valence-electron chi connectivity index (χ3n) is 4.03. The fraction of sp³-hybridized carbons (Fsp3) is 0.118. The van der Waals surface area contributed by atoms with Crippen LogP contribution in [-0.2, 0) is 16.2 Å². The first-order valence-corrected chi connectivity index (χ1v) is 8.47. The van der Waals surface area contributed by atoms with Gasteiger partial charge in [-0.15, -0.1) is 0 Å². The minimum atomic E-state index is -1.08. The molecule has 0 fully saturated rings. The molecule has 3 N–H and O–H groups in total. The molecule has 2 aliphatic heterocycles. The second-order valence-corrected chi connectivity index (χ2v) is 6.33. The van der Waals surface area contributed by atoms with E-state index in [-0.39, 0.29) is 24.0 Å². The Hall–Kier alpha value is -3.66. The number of carboxylic acids is 1. The number of allylic oxidation sites excluding steroid dienone is 1. The van der Waals surface area contributed by atoms with Gasteiger partial charge in [-0.25, -0.2) is 15.4 Å². The molecule has 4 rings (SSSR count). The lowest BCUT2D eigenvalue weighted by atomic mass is 10.1. The van der Waals surface area contributed by atoms with Crippen molar-refractivity contribution in [3.63, 3.8) is 0 Å². The Balaban J connectivity index is 1.63. The Kier molecular flexibility index (Phi) is 4.53. The van der Waals surface area contributed by atoms with Crippen molar-refractivity contribution < 1.29 is 19.5 Å². The molecule has 2 aromatic rings. The number of amides is 1. The number of fused-ring (bicyclic) bond motifs is 1. The van der Waals surface area contributed by atoms with E-state index in [2.05, 4.69) is 25.7 Å². The van der Waals surface area contributed by atoms with Crippen LogP contribution in [-0.4, -0.2) is 43.4 Å². The summed E-state index contributed by atoms with van der Waals surface area (Å²) in [5, 5.41) is 12.2. The smallest absolute Gasteiger partial charge is 0.323 e. The topological polar surface area (TPSA) is 130 Å². The summed E-state index contributed by atoms with van der Waals surface area (Å²) in [5.41, 5.74) is 5.01. The van der Waals surface area contributed by atoms with E-state index in [9.17, 15) is 9.59 Å². The standard InChI is InChI=1S/C17H13ClN6O4/c18-12-6-20-17(22-10-1-2-28-21-5-10)23-15(12)9-3-11-13(19-4-9)7-24(16(11)27)8-14(25)26/h1-6,21H,7-8H2,(H,25,26)(H,20,22,23). The van der Waals surface area contributed by atoms with Crippen LogP contribution in [0.2, 0.25) is 5.02 Å². The van der Waals surface area contributed by atoms with Crippen LogP contribution in [0.25, 0.3) is 11.3 Å². The summed E-state index contributed by atoms with van der Waals surface area (Å²) in [6.45, 7) is -0.228. The lowest BCUT2D eigenvalue weighted by molar-refractivity contribution is -0.137. The first-order valence-electron chi connectivity index (χ1n) is 8.09. The quantitative estimate of drug-likeness (QED) is 0.684. The number of halogens is 1. The molecule has 1 amide bonds. The van der Waals surface area contributed by atoms with E-state index in [4.69, 9.17) is 21.5 Å². The van der Waals surface area contributed by atoms with Crippen LogP contribution < -0.4 is 10.8 Å². The summed E-state index contributed by atoms with van der Waals surface area (Å²) in [4.78, 5) is 42.2. The maximum Gasteiger partial charge on any atom is 0.323 e. The van der Waals surface area contributed by atoms with Gasteiger partial charge >= 0.3 is 5.97 Å². The average Bonchev–Trinajstić information content (AvgIpc) is 2.99. The molecule has 0 unspecified atom stereocenters. The van der Waals surface area contributed by atoms with Gasteiger partial charge in [0.15, 0.2) is 0 Å². The van der Waals surface area contributed by atoms with Crippen LogP contribution in [0.1, 0.15) is 16.1 Å². The van der Waals surface area contributed by atoms with Crippen molar-refractivity contribution in [2.75, 3.05) is 11.9 Å². The first-order chi connectivity index (χ1) is 13.5. The number of hydrogen-bond acceptors (Lipinski definition) is 8. The summed E-state index contributed by atoms with van der Waals surface area (Å²) in [5.74, 6) is -1.18. The zero-order chi connectivity index (χ0) is 19.7. The van der Waals surface area contributed by atoms with Crippen LogP contribution in [0.4, 0.5) is 5.95 Å². The second kappa shape index (κ2) is 7.16. The number of nitrogens with zero attached hydrogens (tertiary/aromatic N) is 4. The Morgan fingerprint density at radius 1 is 1.39 bits per heavy atom. The molecule has 11 heteroatoms. The highest BCUT2D eigenvalue weighted by molar-refractivity contribution is 6.32. The van der Waals surface area contributed by atoms with Crippen LogP contribution in [0, 0.1) is 0 Å². The largest absolute Gasteiger partial charge is 0.480 e. The van der Waals surface area contributed by atoms with Gasteiger partial charge in [-0.05, 0) is 6.07 Å². The van der Waals surface area contributed by atoms with Crippen molar-refractivity contribution in [3.8, 4) is 11.3 Å². The molecular weight excluding hydrogens is 388 g/mol. The second-order valence-electron chi connectivity index (χ2n) is 5.93. The molecule has 0 aliphatic carbocycles. The van der Waals surface area contributed by atoms with Crippen LogP contribution in [0.15, 0.2) is 42.7 Å². The summed E-state index contributed by atoms with van der Waals surface area (Å²) < 4.78 is 0. The van der Waals surface area contributed by atoms with E-state index in [0.717, 1.165) is 0 Å². The summed E-state index contributed by atoms with van der Waals surface area (Å²) in [6.07, 6.45) is 7.71. The molecule has 0 spiro atoms. The molecule has 28 heavy (non-hydrogen) atoms. The predicted molar refractivity (Wildman–Crippen MR) is 97.7 cm³/mol. The molecular formula is C17H13ClN6O4. The van der Waals surface area contributed by atoms with Gasteiger partial charge in [0.1, 0.15) is 12.8 Å². The molecule has 0 aromatic carbocycles. The van der Waals surface area contributed by atoms with Gasteiger partial charge in [0.25, 0.3) is 5.91 Å². The minimum absolute atomic E-state index is 0.153. The molecule has 142 valence electrons.